The fourth-order valence-corrected chi connectivity index (χ4v) is 1.86. The quantitative estimate of drug-likeness (QED) is 0.670. The number of para-hydroxylation sites is 1. The van der Waals surface area contributed by atoms with E-state index in [1.54, 1.807) is 6.20 Å². The lowest BCUT2D eigenvalue weighted by molar-refractivity contribution is 0.655. The van der Waals surface area contributed by atoms with Gasteiger partial charge in [0.2, 0.25) is 0 Å². The van der Waals surface area contributed by atoms with Crippen LogP contribution in [-0.4, -0.2) is 20.0 Å². The number of benzene rings is 1. The Labute approximate surface area is 98.9 Å². The largest absolute Gasteiger partial charge is 0.259 e. The Hall–Kier alpha value is -2.23. The molecule has 84 valence electrons. The van der Waals surface area contributed by atoms with Gasteiger partial charge in [0.25, 0.3) is 0 Å². The average molecular weight is 224 g/mol. The molecule has 0 N–H and O–H groups in total. The molecule has 0 amide bonds. The summed E-state index contributed by atoms with van der Waals surface area (Å²) >= 11 is 0. The molecule has 0 saturated heterocycles. The molecule has 3 aromatic rings. The zero-order valence-electron chi connectivity index (χ0n) is 9.54. The fraction of sp³-hybridized carbons (Fsp3) is 0.154. The molecule has 0 atom stereocenters. The molecule has 1 aromatic carbocycles. The first-order valence-corrected chi connectivity index (χ1v) is 5.53. The molecule has 0 fully saturated rings. The predicted molar refractivity (Wildman–Crippen MR) is 65.6 cm³/mol. The number of fused-ring (bicyclic) bond motifs is 1. The smallest absolute Gasteiger partial charge is 0.113 e. The van der Waals surface area contributed by atoms with E-state index < -0.39 is 0 Å². The van der Waals surface area contributed by atoms with Gasteiger partial charge in [-0.2, -0.15) is 0 Å². The van der Waals surface area contributed by atoms with Gasteiger partial charge in [0.15, 0.2) is 0 Å². The van der Waals surface area contributed by atoms with Crippen molar-refractivity contribution in [2.24, 2.45) is 0 Å². The molecule has 0 radical (unpaired) electrons. The second-order valence-corrected chi connectivity index (χ2v) is 4.00. The van der Waals surface area contributed by atoms with Gasteiger partial charge >= 0.3 is 0 Å². The first-order chi connectivity index (χ1) is 8.34. The van der Waals surface area contributed by atoms with Gasteiger partial charge in [0.05, 0.1) is 17.8 Å². The molecule has 0 spiro atoms. The fourth-order valence-electron chi connectivity index (χ4n) is 1.86. The zero-order chi connectivity index (χ0) is 11.7. The van der Waals surface area contributed by atoms with Gasteiger partial charge in [-0.15, -0.1) is 5.10 Å². The minimum Gasteiger partial charge on any atom is -0.259 e. The number of rotatable bonds is 2. The first kappa shape index (κ1) is 9.96. The highest BCUT2D eigenvalue weighted by Crippen LogP contribution is 2.12. The van der Waals surface area contributed by atoms with Crippen LogP contribution in [0.5, 0.6) is 0 Å². The summed E-state index contributed by atoms with van der Waals surface area (Å²) in [7, 11) is 0. The van der Waals surface area contributed by atoms with Crippen LogP contribution < -0.4 is 0 Å². The van der Waals surface area contributed by atoms with Crippen molar-refractivity contribution in [1.82, 2.24) is 20.0 Å². The van der Waals surface area contributed by atoms with Gasteiger partial charge < -0.3 is 0 Å². The molecule has 0 unspecified atom stereocenters. The van der Waals surface area contributed by atoms with Crippen molar-refractivity contribution in [1.29, 1.82) is 0 Å². The van der Waals surface area contributed by atoms with E-state index in [1.807, 2.05) is 35.0 Å². The van der Waals surface area contributed by atoms with E-state index in [4.69, 9.17) is 0 Å². The monoisotopic (exact) mass is 224 g/mol. The Balaban J connectivity index is 2.03. The summed E-state index contributed by atoms with van der Waals surface area (Å²) in [5, 5.41) is 8.29. The maximum Gasteiger partial charge on any atom is 0.113 e. The highest BCUT2D eigenvalue weighted by molar-refractivity contribution is 5.73. The van der Waals surface area contributed by atoms with Gasteiger partial charge in [0.1, 0.15) is 5.52 Å². The molecule has 3 rings (SSSR count). The standard InChI is InChI=1S/C13H12N4/c1-10-5-4-8-14-12(10)9-17-13-7-3-2-6-11(13)15-16-17/h2-8H,9H2,1H3. The van der Waals surface area contributed by atoms with Crippen LogP contribution in [0, 0.1) is 6.92 Å². The number of hydrogen-bond donors (Lipinski definition) is 0. The van der Waals surface area contributed by atoms with Gasteiger partial charge in [-0.3, -0.25) is 4.98 Å². The van der Waals surface area contributed by atoms with E-state index in [2.05, 4.69) is 28.3 Å². The molecule has 4 nitrogen and oxygen atoms in total. The summed E-state index contributed by atoms with van der Waals surface area (Å²) in [6.45, 7) is 2.72. The van der Waals surface area contributed by atoms with Crippen molar-refractivity contribution >= 4 is 11.0 Å². The number of nitrogens with zero attached hydrogens (tertiary/aromatic N) is 4. The van der Waals surface area contributed by atoms with Crippen LogP contribution in [0.15, 0.2) is 42.6 Å². The first-order valence-electron chi connectivity index (χ1n) is 5.53. The third-order valence-electron chi connectivity index (χ3n) is 2.84. The van der Waals surface area contributed by atoms with Crippen molar-refractivity contribution in [3.63, 3.8) is 0 Å². The highest BCUT2D eigenvalue weighted by atomic mass is 15.4. The van der Waals surface area contributed by atoms with Crippen LogP contribution in [0.2, 0.25) is 0 Å². The molecular weight excluding hydrogens is 212 g/mol. The molecule has 4 heteroatoms. The van der Waals surface area contributed by atoms with Crippen LogP contribution in [-0.2, 0) is 6.54 Å². The van der Waals surface area contributed by atoms with Crippen LogP contribution in [0.1, 0.15) is 11.3 Å². The van der Waals surface area contributed by atoms with Crippen LogP contribution in [0.25, 0.3) is 11.0 Å². The molecule has 0 bridgehead atoms. The molecule has 0 aliphatic heterocycles. The number of aromatic nitrogens is 4. The van der Waals surface area contributed by atoms with E-state index in [0.717, 1.165) is 16.7 Å². The molecule has 0 aliphatic rings. The SMILES string of the molecule is Cc1cccnc1Cn1nnc2ccccc21. The number of hydrogen-bond acceptors (Lipinski definition) is 3. The van der Waals surface area contributed by atoms with E-state index in [9.17, 15) is 0 Å². The summed E-state index contributed by atoms with van der Waals surface area (Å²) in [5.41, 5.74) is 4.16. The van der Waals surface area contributed by atoms with E-state index in [1.165, 1.54) is 5.56 Å². The van der Waals surface area contributed by atoms with Crippen molar-refractivity contribution in [2.75, 3.05) is 0 Å². The lowest BCUT2D eigenvalue weighted by Crippen LogP contribution is -2.05. The van der Waals surface area contributed by atoms with Gasteiger partial charge in [-0.1, -0.05) is 23.4 Å². The van der Waals surface area contributed by atoms with Crippen LogP contribution in [0.3, 0.4) is 0 Å². The number of aryl methyl sites for hydroxylation is 1. The van der Waals surface area contributed by atoms with Crippen LogP contribution >= 0.6 is 0 Å². The third-order valence-corrected chi connectivity index (χ3v) is 2.84. The summed E-state index contributed by atoms with van der Waals surface area (Å²) in [5.74, 6) is 0. The summed E-state index contributed by atoms with van der Waals surface area (Å²) < 4.78 is 1.88. The minimum atomic E-state index is 0.660. The van der Waals surface area contributed by atoms with E-state index in [0.29, 0.717) is 6.54 Å². The maximum atomic E-state index is 4.37. The number of pyridine rings is 1. The minimum absolute atomic E-state index is 0.660. The Kier molecular flexibility index (Phi) is 2.33. The predicted octanol–water partition coefficient (Wildman–Crippen LogP) is 2.18. The van der Waals surface area contributed by atoms with Crippen molar-refractivity contribution < 1.29 is 0 Å². The highest BCUT2D eigenvalue weighted by Gasteiger charge is 2.06. The summed E-state index contributed by atoms with van der Waals surface area (Å²) in [4.78, 5) is 4.37. The van der Waals surface area contributed by atoms with E-state index >= 15 is 0 Å². The lowest BCUT2D eigenvalue weighted by atomic mass is 10.2. The Morgan fingerprint density at radius 3 is 2.88 bits per heavy atom. The van der Waals surface area contributed by atoms with Crippen LogP contribution in [0.4, 0.5) is 0 Å². The van der Waals surface area contributed by atoms with Crippen molar-refractivity contribution in [3.05, 3.63) is 53.9 Å². The molecule has 2 aromatic heterocycles. The van der Waals surface area contributed by atoms with Gasteiger partial charge in [-0.05, 0) is 30.7 Å². The summed E-state index contributed by atoms with van der Waals surface area (Å²) in [6.07, 6.45) is 1.81. The second kappa shape index (κ2) is 3.97. The second-order valence-electron chi connectivity index (χ2n) is 4.00. The normalized spacial score (nSPS) is 10.9. The van der Waals surface area contributed by atoms with Crippen molar-refractivity contribution in [2.45, 2.75) is 13.5 Å². The third kappa shape index (κ3) is 1.78. The molecular formula is C13H12N4. The van der Waals surface area contributed by atoms with E-state index in [-0.39, 0.29) is 0 Å². The average Bonchev–Trinajstić information content (AvgIpc) is 2.76. The Morgan fingerprint density at radius 1 is 1.12 bits per heavy atom. The van der Waals surface area contributed by atoms with Gasteiger partial charge in [0, 0.05) is 6.20 Å². The van der Waals surface area contributed by atoms with Gasteiger partial charge in [-0.25, -0.2) is 4.68 Å². The topological polar surface area (TPSA) is 43.6 Å². The molecule has 2 heterocycles. The summed E-state index contributed by atoms with van der Waals surface area (Å²) in [6, 6.07) is 11.9. The van der Waals surface area contributed by atoms with Crippen molar-refractivity contribution in [3.8, 4) is 0 Å². The Morgan fingerprint density at radius 2 is 2.00 bits per heavy atom. The zero-order valence-corrected chi connectivity index (χ0v) is 9.54. The molecule has 0 aliphatic carbocycles. The molecule has 17 heavy (non-hydrogen) atoms. The Bertz CT molecular complexity index is 657. The lowest BCUT2D eigenvalue weighted by Gasteiger charge is -2.04. The molecule has 0 saturated carbocycles. The maximum absolute atomic E-state index is 4.37.